The monoisotopic (exact) mass is 322 g/mol. The standard InChI is InChI=1S/C17H18N6O/c1-12(24)22-6-2-4-13(11-22)14-8-18-9-15(21-14)16-10-20-17-19-5-3-7-23(16)17/h3,5,7-10,13H,2,4,6,11H2,1H3/t13-/m0/s1. The number of amides is 1. The Hall–Kier alpha value is -2.83. The van der Waals surface area contributed by atoms with Crippen molar-refractivity contribution in [3.63, 3.8) is 0 Å². The van der Waals surface area contributed by atoms with Crippen LogP contribution in [0.3, 0.4) is 0 Å². The summed E-state index contributed by atoms with van der Waals surface area (Å²) in [6.45, 7) is 3.16. The minimum atomic E-state index is 0.122. The Morgan fingerprint density at radius 3 is 3.04 bits per heavy atom. The van der Waals surface area contributed by atoms with E-state index in [-0.39, 0.29) is 11.8 Å². The molecule has 7 heteroatoms. The average Bonchev–Trinajstić information content (AvgIpc) is 3.06. The fourth-order valence-corrected chi connectivity index (χ4v) is 3.22. The Labute approximate surface area is 139 Å². The minimum absolute atomic E-state index is 0.122. The van der Waals surface area contributed by atoms with Crippen LogP contribution in [0.2, 0.25) is 0 Å². The Balaban J connectivity index is 1.68. The van der Waals surface area contributed by atoms with Crippen LogP contribution in [-0.4, -0.2) is 48.2 Å². The summed E-state index contributed by atoms with van der Waals surface area (Å²) in [5.41, 5.74) is 2.57. The van der Waals surface area contributed by atoms with Gasteiger partial charge < -0.3 is 4.90 Å². The molecule has 4 heterocycles. The van der Waals surface area contributed by atoms with Gasteiger partial charge in [-0.2, -0.15) is 0 Å². The van der Waals surface area contributed by atoms with Crippen LogP contribution in [-0.2, 0) is 4.79 Å². The van der Waals surface area contributed by atoms with Crippen molar-refractivity contribution in [2.75, 3.05) is 13.1 Å². The molecule has 0 radical (unpaired) electrons. The predicted octanol–water partition coefficient (Wildman–Crippen LogP) is 1.91. The van der Waals surface area contributed by atoms with Gasteiger partial charge in [-0.3, -0.25) is 14.2 Å². The number of carbonyl (C=O) groups is 1. The van der Waals surface area contributed by atoms with Crippen LogP contribution in [0.25, 0.3) is 17.2 Å². The first kappa shape index (κ1) is 14.7. The van der Waals surface area contributed by atoms with Crippen molar-refractivity contribution in [2.24, 2.45) is 0 Å². The van der Waals surface area contributed by atoms with E-state index in [4.69, 9.17) is 4.98 Å². The van der Waals surface area contributed by atoms with E-state index in [1.54, 1.807) is 31.7 Å². The molecule has 24 heavy (non-hydrogen) atoms. The van der Waals surface area contributed by atoms with Gasteiger partial charge in [0.05, 0.1) is 23.8 Å². The van der Waals surface area contributed by atoms with Gasteiger partial charge in [0.1, 0.15) is 5.69 Å². The summed E-state index contributed by atoms with van der Waals surface area (Å²) in [5.74, 6) is 0.990. The van der Waals surface area contributed by atoms with Crippen LogP contribution in [0, 0.1) is 0 Å². The molecule has 4 rings (SSSR count). The molecule has 0 spiro atoms. The van der Waals surface area contributed by atoms with Gasteiger partial charge in [-0.15, -0.1) is 0 Å². The number of fused-ring (bicyclic) bond motifs is 1. The zero-order valence-electron chi connectivity index (χ0n) is 13.5. The van der Waals surface area contributed by atoms with Crippen molar-refractivity contribution in [2.45, 2.75) is 25.7 Å². The van der Waals surface area contributed by atoms with Crippen LogP contribution in [0.4, 0.5) is 0 Å². The van der Waals surface area contributed by atoms with Crippen molar-refractivity contribution in [3.8, 4) is 11.4 Å². The van der Waals surface area contributed by atoms with Crippen molar-refractivity contribution in [3.05, 3.63) is 42.7 Å². The van der Waals surface area contributed by atoms with Gasteiger partial charge >= 0.3 is 0 Å². The Bertz CT molecular complexity index is 889. The van der Waals surface area contributed by atoms with Gasteiger partial charge in [0.25, 0.3) is 0 Å². The fraction of sp³-hybridized carbons (Fsp3) is 0.353. The highest BCUT2D eigenvalue weighted by molar-refractivity contribution is 5.73. The number of aromatic nitrogens is 5. The number of piperidine rings is 1. The largest absolute Gasteiger partial charge is 0.342 e. The van der Waals surface area contributed by atoms with E-state index in [0.717, 1.165) is 36.5 Å². The third kappa shape index (κ3) is 2.62. The lowest BCUT2D eigenvalue weighted by Gasteiger charge is -2.31. The van der Waals surface area contributed by atoms with E-state index in [1.807, 2.05) is 21.6 Å². The van der Waals surface area contributed by atoms with Crippen LogP contribution < -0.4 is 0 Å². The first-order valence-electron chi connectivity index (χ1n) is 8.08. The molecule has 122 valence electrons. The summed E-state index contributed by atoms with van der Waals surface area (Å²) in [6.07, 6.45) is 11.0. The lowest BCUT2D eigenvalue weighted by atomic mass is 9.95. The summed E-state index contributed by atoms with van der Waals surface area (Å²) in [7, 11) is 0. The molecule has 3 aromatic heterocycles. The maximum absolute atomic E-state index is 11.6. The lowest BCUT2D eigenvalue weighted by Crippen LogP contribution is -2.37. The first-order valence-corrected chi connectivity index (χ1v) is 8.08. The number of nitrogens with zero attached hydrogens (tertiary/aromatic N) is 6. The van der Waals surface area contributed by atoms with Crippen molar-refractivity contribution in [1.82, 2.24) is 29.2 Å². The van der Waals surface area contributed by atoms with Gasteiger partial charge in [-0.25, -0.2) is 15.0 Å². The molecular weight excluding hydrogens is 304 g/mol. The molecule has 3 aromatic rings. The van der Waals surface area contributed by atoms with E-state index in [0.29, 0.717) is 12.3 Å². The van der Waals surface area contributed by atoms with E-state index in [2.05, 4.69) is 15.0 Å². The number of likely N-dealkylation sites (tertiary alicyclic amines) is 1. The number of carbonyl (C=O) groups excluding carboxylic acids is 1. The summed E-state index contributed by atoms with van der Waals surface area (Å²) < 4.78 is 1.90. The lowest BCUT2D eigenvalue weighted by molar-refractivity contribution is -0.130. The third-order valence-corrected chi connectivity index (χ3v) is 4.49. The SMILES string of the molecule is CC(=O)N1CCC[C@H](c2cncc(-c3cnc4ncccn34)n2)C1. The molecule has 1 aliphatic heterocycles. The maximum Gasteiger partial charge on any atom is 0.234 e. The van der Waals surface area contributed by atoms with Gasteiger partial charge in [-0.1, -0.05) is 0 Å². The molecule has 1 saturated heterocycles. The number of rotatable bonds is 2. The summed E-state index contributed by atoms with van der Waals surface area (Å²) >= 11 is 0. The zero-order chi connectivity index (χ0) is 16.5. The molecule has 0 bridgehead atoms. The molecule has 1 amide bonds. The molecule has 0 N–H and O–H groups in total. The molecular formula is C17H18N6O. The third-order valence-electron chi connectivity index (χ3n) is 4.49. The van der Waals surface area contributed by atoms with E-state index < -0.39 is 0 Å². The smallest absolute Gasteiger partial charge is 0.234 e. The normalized spacial score (nSPS) is 18.0. The van der Waals surface area contributed by atoms with Crippen molar-refractivity contribution >= 4 is 11.7 Å². The number of hydrogen-bond donors (Lipinski definition) is 0. The van der Waals surface area contributed by atoms with E-state index in [1.165, 1.54) is 0 Å². The van der Waals surface area contributed by atoms with Crippen LogP contribution in [0.15, 0.2) is 37.1 Å². The van der Waals surface area contributed by atoms with E-state index >= 15 is 0 Å². The van der Waals surface area contributed by atoms with Gasteiger partial charge in [0.15, 0.2) is 0 Å². The summed E-state index contributed by atoms with van der Waals surface area (Å²) in [4.78, 5) is 31.2. The molecule has 0 aromatic carbocycles. The Morgan fingerprint density at radius 2 is 2.17 bits per heavy atom. The average molecular weight is 322 g/mol. The van der Waals surface area contributed by atoms with Crippen molar-refractivity contribution in [1.29, 1.82) is 0 Å². The maximum atomic E-state index is 11.6. The van der Waals surface area contributed by atoms with Gasteiger partial charge in [-0.05, 0) is 18.9 Å². The number of imidazole rings is 1. The second-order valence-electron chi connectivity index (χ2n) is 6.07. The van der Waals surface area contributed by atoms with Gasteiger partial charge in [0, 0.05) is 44.5 Å². The highest BCUT2D eigenvalue weighted by Crippen LogP contribution is 2.27. The molecule has 1 aliphatic rings. The fourth-order valence-electron chi connectivity index (χ4n) is 3.22. The quantitative estimate of drug-likeness (QED) is 0.720. The second-order valence-corrected chi connectivity index (χ2v) is 6.07. The molecule has 1 fully saturated rings. The molecule has 7 nitrogen and oxygen atoms in total. The molecule has 1 atom stereocenters. The highest BCUT2D eigenvalue weighted by atomic mass is 16.2. The van der Waals surface area contributed by atoms with Crippen molar-refractivity contribution < 1.29 is 4.79 Å². The molecule has 0 saturated carbocycles. The summed E-state index contributed by atoms with van der Waals surface area (Å²) in [5, 5.41) is 0. The van der Waals surface area contributed by atoms with Crippen LogP contribution >= 0.6 is 0 Å². The zero-order valence-corrected chi connectivity index (χ0v) is 13.5. The Kier molecular flexibility index (Phi) is 3.68. The van der Waals surface area contributed by atoms with Crippen LogP contribution in [0.5, 0.6) is 0 Å². The first-order chi connectivity index (χ1) is 11.7. The predicted molar refractivity (Wildman–Crippen MR) is 88.2 cm³/mol. The molecule has 0 aliphatic carbocycles. The molecule has 0 unspecified atom stereocenters. The van der Waals surface area contributed by atoms with Gasteiger partial charge in [0.2, 0.25) is 11.7 Å². The number of hydrogen-bond acceptors (Lipinski definition) is 5. The second kappa shape index (κ2) is 5.99. The minimum Gasteiger partial charge on any atom is -0.342 e. The highest BCUT2D eigenvalue weighted by Gasteiger charge is 2.24. The summed E-state index contributed by atoms with van der Waals surface area (Å²) in [6, 6.07) is 1.86. The topological polar surface area (TPSA) is 76.3 Å². The van der Waals surface area contributed by atoms with Crippen LogP contribution in [0.1, 0.15) is 31.4 Å². The Morgan fingerprint density at radius 1 is 1.25 bits per heavy atom. The van der Waals surface area contributed by atoms with E-state index in [9.17, 15) is 4.79 Å².